The molecule has 0 unspecified atom stereocenters. The minimum Gasteiger partial charge on any atom is -0.455 e. The van der Waals surface area contributed by atoms with E-state index in [9.17, 15) is 0 Å². The van der Waals surface area contributed by atoms with E-state index in [-0.39, 0.29) is 10.8 Å². The molecule has 12 rings (SSSR count). The quantitative estimate of drug-likeness (QED) is 0.163. The van der Waals surface area contributed by atoms with Crippen LogP contribution in [0.1, 0.15) is 49.9 Å². The molecule has 0 N–H and O–H groups in total. The van der Waals surface area contributed by atoms with Gasteiger partial charge in [-0.25, -0.2) is 0 Å². The molecular formula is C54H38O. The summed E-state index contributed by atoms with van der Waals surface area (Å²) in [6, 6.07) is 58.9. The van der Waals surface area contributed by atoms with E-state index in [0.29, 0.717) is 0 Å². The minimum absolute atomic E-state index is 0.0655. The monoisotopic (exact) mass is 702 g/mol. The molecule has 0 aliphatic heterocycles. The molecule has 9 aromatic carbocycles. The van der Waals surface area contributed by atoms with Crippen LogP contribution in [0.25, 0.3) is 98.8 Å². The van der Waals surface area contributed by atoms with E-state index in [1.54, 1.807) is 0 Å². The number of fused-ring (bicyclic) bond motifs is 14. The third kappa shape index (κ3) is 3.98. The Balaban J connectivity index is 1.06. The lowest BCUT2D eigenvalue weighted by molar-refractivity contribution is 0.621. The van der Waals surface area contributed by atoms with Crippen molar-refractivity contribution in [3.05, 3.63) is 180 Å². The van der Waals surface area contributed by atoms with Gasteiger partial charge in [0.1, 0.15) is 11.2 Å². The molecule has 1 heteroatoms. The van der Waals surface area contributed by atoms with E-state index in [1.165, 1.54) is 104 Å². The van der Waals surface area contributed by atoms with Crippen molar-refractivity contribution >= 4 is 54.3 Å². The molecule has 0 fully saturated rings. The van der Waals surface area contributed by atoms with Crippen molar-refractivity contribution in [2.75, 3.05) is 0 Å². The normalized spacial score (nSPS) is 14.8. The molecule has 0 spiro atoms. The molecule has 0 bridgehead atoms. The van der Waals surface area contributed by atoms with Gasteiger partial charge in [0, 0.05) is 32.6 Å². The Morgan fingerprint density at radius 2 is 0.818 bits per heavy atom. The predicted octanol–water partition coefficient (Wildman–Crippen LogP) is 15.0. The minimum atomic E-state index is -0.260. The lowest BCUT2D eigenvalue weighted by Gasteiger charge is -2.24. The summed E-state index contributed by atoms with van der Waals surface area (Å²) in [6.07, 6.45) is 0. The number of furan rings is 1. The highest BCUT2D eigenvalue weighted by atomic mass is 16.3. The number of hydrogen-bond acceptors (Lipinski definition) is 1. The lowest BCUT2D eigenvalue weighted by atomic mass is 9.79. The van der Waals surface area contributed by atoms with Crippen molar-refractivity contribution in [2.45, 2.75) is 38.5 Å². The average Bonchev–Trinajstić information content (AvgIpc) is 3.79. The van der Waals surface area contributed by atoms with Crippen molar-refractivity contribution in [2.24, 2.45) is 0 Å². The van der Waals surface area contributed by atoms with Gasteiger partial charge in [-0.2, -0.15) is 0 Å². The third-order valence-electron chi connectivity index (χ3n) is 13.2. The van der Waals surface area contributed by atoms with E-state index in [4.69, 9.17) is 4.42 Å². The van der Waals surface area contributed by atoms with Gasteiger partial charge >= 0.3 is 0 Å². The smallest absolute Gasteiger partial charge is 0.143 e. The molecule has 55 heavy (non-hydrogen) atoms. The van der Waals surface area contributed by atoms with Gasteiger partial charge in [0.2, 0.25) is 0 Å². The predicted molar refractivity (Wildman–Crippen MR) is 232 cm³/mol. The second kappa shape index (κ2) is 10.6. The second-order valence-corrected chi connectivity index (χ2v) is 16.8. The largest absolute Gasteiger partial charge is 0.455 e. The van der Waals surface area contributed by atoms with Crippen LogP contribution in [0.4, 0.5) is 0 Å². The number of rotatable bonds is 2. The summed E-state index contributed by atoms with van der Waals surface area (Å²) in [7, 11) is 0. The van der Waals surface area contributed by atoms with Gasteiger partial charge in [-0.05, 0) is 112 Å². The highest BCUT2D eigenvalue weighted by Crippen LogP contribution is 2.55. The highest BCUT2D eigenvalue weighted by Gasteiger charge is 2.39. The Morgan fingerprint density at radius 3 is 1.47 bits per heavy atom. The van der Waals surface area contributed by atoms with Gasteiger partial charge in [-0.1, -0.05) is 161 Å². The van der Waals surface area contributed by atoms with Crippen LogP contribution in [0.15, 0.2) is 162 Å². The molecule has 1 aromatic heterocycles. The van der Waals surface area contributed by atoms with Crippen LogP contribution in [-0.4, -0.2) is 0 Å². The molecule has 10 aromatic rings. The molecule has 0 amide bonds. The Hall–Kier alpha value is -6.44. The lowest BCUT2D eigenvalue weighted by Crippen LogP contribution is -2.15. The Morgan fingerprint density at radius 1 is 0.345 bits per heavy atom. The fourth-order valence-electron chi connectivity index (χ4n) is 10.6. The van der Waals surface area contributed by atoms with Crippen LogP contribution in [0.5, 0.6) is 0 Å². The maximum Gasteiger partial charge on any atom is 0.143 e. The molecule has 0 atom stereocenters. The van der Waals surface area contributed by atoms with Crippen LogP contribution in [0.2, 0.25) is 0 Å². The zero-order valence-electron chi connectivity index (χ0n) is 31.4. The zero-order chi connectivity index (χ0) is 36.8. The van der Waals surface area contributed by atoms with Gasteiger partial charge in [-0.3, -0.25) is 0 Å². The molecule has 1 nitrogen and oxygen atoms in total. The molecule has 0 radical (unpaired) electrons. The maximum absolute atomic E-state index is 6.92. The van der Waals surface area contributed by atoms with Crippen LogP contribution >= 0.6 is 0 Å². The van der Waals surface area contributed by atoms with Crippen LogP contribution in [0.3, 0.4) is 0 Å². The topological polar surface area (TPSA) is 13.1 Å². The van der Waals surface area contributed by atoms with Gasteiger partial charge in [0.25, 0.3) is 0 Å². The first-order valence-electron chi connectivity index (χ1n) is 19.5. The summed E-state index contributed by atoms with van der Waals surface area (Å²) in [5, 5.41) is 9.85. The molecule has 1 heterocycles. The summed E-state index contributed by atoms with van der Waals surface area (Å²) in [4.78, 5) is 0. The van der Waals surface area contributed by atoms with E-state index in [2.05, 4.69) is 185 Å². The van der Waals surface area contributed by atoms with Crippen molar-refractivity contribution in [3.63, 3.8) is 0 Å². The van der Waals surface area contributed by atoms with Crippen LogP contribution in [0, 0.1) is 0 Å². The Bertz CT molecular complexity index is 3260. The Labute approximate surface area is 320 Å². The van der Waals surface area contributed by atoms with Crippen LogP contribution < -0.4 is 0 Å². The van der Waals surface area contributed by atoms with E-state index in [0.717, 1.165) is 16.6 Å². The molecule has 2 aliphatic carbocycles. The fourth-order valence-corrected chi connectivity index (χ4v) is 10.6. The first kappa shape index (κ1) is 31.0. The summed E-state index contributed by atoms with van der Waals surface area (Å²) in [6.45, 7) is 9.49. The molecular weight excluding hydrogens is 665 g/mol. The SMILES string of the molecule is CC1(C)c2ccccc2-c2ccc(-c3c4ccccc4c(-c4ccc5c(c4)C(C)(C)c4c-5ccc5c4oc4c6ccccc6ccc54)c4ccccc34)cc21. The van der Waals surface area contributed by atoms with E-state index < -0.39 is 0 Å². The molecule has 260 valence electrons. The summed E-state index contributed by atoms with van der Waals surface area (Å²) in [5.74, 6) is 0. The third-order valence-corrected chi connectivity index (χ3v) is 13.2. The fraction of sp³-hybridized carbons (Fsp3) is 0.111. The van der Waals surface area contributed by atoms with Crippen molar-refractivity contribution in [1.82, 2.24) is 0 Å². The molecule has 0 saturated carbocycles. The van der Waals surface area contributed by atoms with Crippen molar-refractivity contribution in [1.29, 1.82) is 0 Å². The van der Waals surface area contributed by atoms with Crippen LogP contribution in [-0.2, 0) is 10.8 Å². The zero-order valence-corrected chi connectivity index (χ0v) is 31.4. The summed E-state index contributed by atoms with van der Waals surface area (Å²) >= 11 is 0. The number of benzene rings is 9. The van der Waals surface area contributed by atoms with Gasteiger partial charge in [0.05, 0.1) is 0 Å². The van der Waals surface area contributed by atoms with E-state index in [1.807, 2.05) is 0 Å². The van der Waals surface area contributed by atoms with Gasteiger partial charge in [0.15, 0.2) is 0 Å². The summed E-state index contributed by atoms with van der Waals surface area (Å²) in [5.41, 5.74) is 17.5. The standard InChI is InChI=1S/C54H38O/c1-53(2)45-20-12-11-15-35(45)36-24-22-32(29-46(36)53)48-38-16-7-9-18-40(38)49(41-19-10-8-17-39(41)48)33-23-25-37-42-27-28-44-43-26-21-31-13-5-6-14-34(31)51(43)55-52(44)50(42)54(3,4)47(37)30-33/h5-30H,1-4H3. The first-order valence-corrected chi connectivity index (χ1v) is 19.5. The van der Waals surface area contributed by atoms with Crippen molar-refractivity contribution in [3.8, 4) is 44.5 Å². The molecule has 2 aliphatic rings. The van der Waals surface area contributed by atoms with Crippen molar-refractivity contribution < 1.29 is 4.42 Å². The maximum atomic E-state index is 6.92. The number of hydrogen-bond donors (Lipinski definition) is 0. The molecule has 0 saturated heterocycles. The second-order valence-electron chi connectivity index (χ2n) is 16.8. The van der Waals surface area contributed by atoms with Gasteiger partial charge in [-0.15, -0.1) is 0 Å². The highest BCUT2D eigenvalue weighted by molar-refractivity contribution is 6.22. The first-order chi connectivity index (χ1) is 26.8. The van der Waals surface area contributed by atoms with E-state index >= 15 is 0 Å². The van der Waals surface area contributed by atoms with Gasteiger partial charge < -0.3 is 4.42 Å². The average molecular weight is 703 g/mol. The Kier molecular flexibility index (Phi) is 5.98. The summed E-state index contributed by atoms with van der Waals surface area (Å²) < 4.78 is 6.92.